The highest BCUT2D eigenvalue weighted by Crippen LogP contribution is 2.39. The highest BCUT2D eigenvalue weighted by Gasteiger charge is 2.49. The van der Waals surface area contributed by atoms with Crippen molar-refractivity contribution in [2.24, 2.45) is 5.41 Å². The van der Waals surface area contributed by atoms with Crippen LogP contribution in [0.15, 0.2) is 0 Å². The number of carbonyl (C=O) groups is 1. The summed E-state index contributed by atoms with van der Waals surface area (Å²) < 4.78 is 33.9. The zero-order valence-electron chi connectivity index (χ0n) is 13.1. The summed E-state index contributed by atoms with van der Waals surface area (Å²) in [7, 11) is -1.79. The van der Waals surface area contributed by atoms with Crippen molar-refractivity contribution >= 4 is 16.1 Å². The first-order chi connectivity index (χ1) is 10.5. The molecule has 0 bridgehead atoms. The van der Waals surface area contributed by atoms with Crippen LogP contribution in [0.1, 0.15) is 32.1 Å². The minimum Gasteiger partial charge on any atom is -0.381 e. The van der Waals surface area contributed by atoms with Gasteiger partial charge >= 0.3 is 0 Å². The molecule has 1 atom stereocenters. The van der Waals surface area contributed by atoms with E-state index in [9.17, 15) is 13.2 Å². The van der Waals surface area contributed by atoms with Crippen LogP contribution in [0.3, 0.4) is 0 Å². The summed E-state index contributed by atoms with van der Waals surface area (Å²) in [6.45, 7) is 2.47. The standard InChI is InChI=1S/C14H25N3O4S/c1-21-12-3-8-16(9-4-12)22(19,20)17-10-6-14(11-17)5-2-7-15-13(14)18/h12H,2-11H2,1H3,(H,15,18)/t14-/m0/s1. The van der Waals surface area contributed by atoms with Crippen LogP contribution in [0.5, 0.6) is 0 Å². The minimum absolute atomic E-state index is 0.0227. The van der Waals surface area contributed by atoms with E-state index in [0.717, 1.165) is 25.7 Å². The maximum Gasteiger partial charge on any atom is 0.282 e. The van der Waals surface area contributed by atoms with Gasteiger partial charge < -0.3 is 10.1 Å². The van der Waals surface area contributed by atoms with Gasteiger partial charge in [0.1, 0.15) is 0 Å². The molecule has 0 aliphatic carbocycles. The Bertz CT molecular complexity index is 530. The summed E-state index contributed by atoms with van der Waals surface area (Å²) in [5.74, 6) is 0.0227. The van der Waals surface area contributed by atoms with Crippen molar-refractivity contribution in [3.05, 3.63) is 0 Å². The molecule has 0 unspecified atom stereocenters. The molecular formula is C14H25N3O4S. The average Bonchev–Trinajstić information content (AvgIpc) is 2.96. The quantitative estimate of drug-likeness (QED) is 0.786. The second-order valence-electron chi connectivity index (χ2n) is 6.57. The zero-order valence-corrected chi connectivity index (χ0v) is 13.9. The molecule has 3 heterocycles. The van der Waals surface area contributed by atoms with E-state index in [4.69, 9.17) is 4.74 Å². The van der Waals surface area contributed by atoms with Gasteiger partial charge in [0.05, 0.1) is 11.5 Å². The zero-order chi connectivity index (χ0) is 15.8. The van der Waals surface area contributed by atoms with Crippen LogP contribution >= 0.6 is 0 Å². The second-order valence-corrected chi connectivity index (χ2v) is 8.49. The third kappa shape index (κ3) is 2.77. The van der Waals surface area contributed by atoms with Crippen molar-refractivity contribution in [3.63, 3.8) is 0 Å². The van der Waals surface area contributed by atoms with E-state index in [-0.39, 0.29) is 12.0 Å². The highest BCUT2D eigenvalue weighted by molar-refractivity contribution is 7.86. The molecule has 3 saturated heterocycles. The molecular weight excluding hydrogens is 306 g/mol. The molecule has 3 aliphatic heterocycles. The molecule has 1 N–H and O–H groups in total. The molecule has 3 aliphatic rings. The van der Waals surface area contributed by atoms with Crippen LogP contribution in [0.25, 0.3) is 0 Å². The van der Waals surface area contributed by atoms with Crippen molar-refractivity contribution in [1.82, 2.24) is 13.9 Å². The Labute approximate surface area is 132 Å². The van der Waals surface area contributed by atoms with E-state index in [1.165, 1.54) is 4.31 Å². The van der Waals surface area contributed by atoms with Gasteiger partial charge in [-0.1, -0.05) is 0 Å². The molecule has 0 aromatic heterocycles. The summed E-state index contributed by atoms with van der Waals surface area (Å²) in [6.07, 6.45) is 3.97. The Morgan fingerprint density at radius 2 is 1.91 bits per heavy atom. The van der Waals surface area contributed by atoms with Gasteiger partial charge in [-0.3, -0.25) is 4.79 Å². The summed E-state index contributed by atoms with van der Waals surface area (Å²) in [5, 5.41) is 2.89. The number of carbonyl (C=O) groups excluding carboxylic acids is 1. The third-order valence-electron chi connectivity index (χ3n) is 5.30. The van der Waals surface area contributed by atoms with Crippen LogP contribution in [0.2, 0.25) is 0 Å². The van der Waals surface area contributed by atoms with Crippen LogP contribution in [0.4, 0.5) is 0 Å². The predicted octanol–water partition coefficient (Wildman–Crippen LogP) is -0.0559. The lowest BCUT2D eigenvalue weighted by Gasteiger charge is -2.35. The number of amides is 1. The molecule has 22 heavy (non-hydrogen) atoms. The van der Waals surface area contributed by atoms with Gasteiger partial charge in [0.15, 0.2) is 0 Å². The first-order valence-corrected chi connectivity index (χ1v) is 9.44. The molecule has 126 valence electrons. The lowest BCUT2D eigenvalue weighted by atomic mass is 9.79. The van der Waals surface area contributed by atoms with Crippen LogP contribution < -0.4 is 5.32 Å². The Morgan fingerprint density at radius 3 is 2.55 bits per heavy atom. The summed E-state index contributed by atoms with van der Waals surface area (Å²) in [5.41, 5.74) is -0.504. The summed E-state index contributed by atoms with van der Waals surface area (Å²) in [4.78, 5) is 12.2. The van der Waals surface area contributed by atoms with Gasteiger partial charge in [-0.2, -0.15) is 17.0 Å². The van der Waals surface area contributed by atoms with E-state index >= 15 is 0 Å². The van der Waals surface area contributed by atoms with Crippen molar-refractivity contribution < 1.29 is 17.9 Å². The third-order valence-corrected chi connectivity index (χ3v) is 7.29. The lowest BCUT2D eigenvalue weighted by molar-refractivity contribution is -0.132. The fraction of sp³-hybridized carbons (Fsp3) is 0.929. The van der Waals surface area contributed by atoms with E-state index in [1.54, 1.807) is 11.4 Å². The highest BCUT2D eigenvalue weighted by atomic mass is 32.2. The number of hydrogen-bond donors (Lipinski definition) is 1. The molecule has 8 heteroatoms. The monoisotopic (exact) mass is 331 g/mol. The van der Waals surface area contributed by atoms with E-state index < -0.39 is 15.6 Å². The maximum atomic E-state index is 12.8. The van der Waals surface area contributed by atoms with Crippen LogP contribution in [-0.4, -0.2) is 68.9 Å². The lowest BCUT2D eigenvalue weighted by Crippen LogP contribution is -2.51. The minimum atomic E-state index is -3.46. The first kappa shape index (κ1) is 16.2. The SMILES string of the molecule is COC1CCN(S(=O)(=O)N2CC[C@@]3(CCCNC3=O)C2)CC1. The smallest absolute Gasteiger partial charge is 0.282 e. The predicted molar refractivity (Wildman–Crippen MR) is 81.4 cm³/mol. The van der Waals surface area contributed by atoms with Crippen molar-refractivity contribution in [2.75, 3.05) is 39.8 Å². The molecule has 0 aromatic carbocycles. The number of rotatable bonds is 3. The molecule has 1 spiro atoms. The molecule has 0 aromatic rings. The summed E-state index contributed by atoms with van der Waals surface area (Å²) >= 11 is 0. The average molecular weight is 331 g/mol. The van der Waals surface area contributed by atoms with Gasteiger partial charge in [0.2, 0.25) is 5.91 Å². The molecule has 0 saturated carbocycles. The van der Waals surface area contributed by atoms with Gasteiger partial charge in [-0.15, -0.1) is 0 Å². The summed E-state index contributed by atoms with van der Waals surface area (Å²) in [6, 6.07) is 0. The number of piperidine rings is 2. The number of hydrogen-bond acceptors (Lipinski definition) is 4. The van der Waals surface area contributed by atoms with Crippen LogP contribution in [0, 0.1) is 5.41 Å². The molecule has 3 rings (SSSR count). The van der Waals surface area contributed by atoms with Crippen molar-refractivity contribution in [1.29, 1.82) is 0 Å². The number of nitrogens with zero attached hydrogens (tertiary/aromatic N) is 2. The molecule has 7 nitrogen and oxygen atoms in total. The number of ether oxygens (including phenoxy) is 1. The van der Waals surface area contributed by atoms with Crippen molar-refractivity contribution in [2.45, 2.75) is 38.2 Å². The van der Waals surface area contributed by atoms with E-state index in [2.05, 4.69) is 5.32 Å². The fourth-order valence-electron chi connectivity index (χ4n) is 3.81. The van der Waals surface area contributed by atoms with Gasteiger partial charge in [-0.25, -0.2) is 0 Å². The Kier molecular flexibility index (Phi) is 4.46. The van der Waals surface area contributed by atoms with Gasteiger partial charge in [0, 0.05) is 39.8 Å². The van der Waals surface area contributed by atoms with Crippen LogP contribution in [-0.2, 0) is 19.7 Å². The van der Waals surface area contributed by atoms with Gasteiger partial charge in [-0.05, 0) is 32.1 Å². The maximum absolute atomic E-state index is 12.8. The van der Waals surface area contributed by atoms with Gasteiger partial charge in [0.25, 0.3) is 10.2 Å². The topological polar surface area (TPSA) is 79.0 Å². The number of methoxy groups -OCH3 is 1. The molecule has 3 fully saturated rings. The normalized spacial score (nSPS) is 32.5. The Morgan fingerprint density at radius 1 is 1.18 bits per heavy atom. The number of nitrogens with one attached hydrogen (secondary N) is 1. The second kappa shape index (κ2) is 6.07. The van der Waals surface area contributed by atoms with E-state index in [1.807, 2.05) is 0 Å². The Balaban J connectivity index is 1.68. The Hall–Kier alpha value is -0.700. The largest absolute Gasteiger partial charge is 0.381 e. The van der Waals surface area contributed by atoms with Crippen molar-refractivity contribution in [3.8, 4) is 0 Å². The molecule has 0 radical (unpaired) electrons. The first-order valence-electron chi connectivity index (χ1n) is 8.04. The van der Waals surface area contributed by atoms with E-state index in [0.29, 0.717) is 39.1 Å². The fourth-order valence-corrected chi connectivity index (χ4v) is 5.54. The molecule has 1 amide bonds.